The summed E-state index contributed by atoms with van der Waals surface area (Å²) < 4.78 is 13.9. The Morgan fingerprint density at radius 1 is 1.29 bits per heavy atom. The van der Waals surface area contributed by atoms with Gasteiger partial charge in [0.15, 0.2) is 5.82 Å². The van der Waals surface area contributed by atoms with Gasteiger partial charge in [-0.2, -0.15) is 0 Å². The smallest absolute Gasteiger partial charge is 0.273 e. The fourth-order valence-electron chi connectivity index (χ4n) is 1.85. The number of nitro groups is 1. The normalized spacial score (nSPS) is 10.2. The van der Waals surface area contributed by atoms with Gasteiger partial charge in [0.1, 0.15) is 0 Å². The number of nitro benzene ring substituents is 1. The number of hydrogen-bond donors (Lipinski definition) is 2. The lowest BCUT2D eigenvalue weighted by Gasteiger charge is -2.11. The first kappa shape index (κ1) is 15.1. The maximum absolute atomic E-state index is 13.9. The van der Waals surface area contributed by atoms with Gasteiger partial charge in [0.05, 0.1) is 15.6 Å². The summed E-state index contributed by atoms with van der Waals surface area (Å²) in [5.74, 6) is -0.601. The van der Waals surface area contributed by atoms with Crippen LogP contribution in [-0.4, -0.2) is 11.5 Å². The third-order valence-corrected chi connectivity index (χ3v) is 3.03. The highest BCUT2D eigenvalue weighted by molar-refractivity contribution is 6.31. The van der Waals surface area contributed by atoms with Crippen molar-refractivity contribution in [1.82, 2.24) is 0 Å². The first-order valence-corrected chi connectivity index (χ1v) is 6.63. The standard InChI is InChI=1S/C14H13ClFN3O2/c1-2-17-9-6-10(8-11(7-9)19(20)21)18-13-5-3-4-12(15)14(13)16/h3-8,17-18H,2H2,1H3. The topological polar surface area (TPSA) is 67.2 Å². The van der Waals surface area contributed by atoms with E-state index in [4.69, 9.17) is 11.6 Å². The summed E-state index contributed by atoms with van der Waals surface area (Å²) in [6.45, 7) is 2.49. The van der Waals surface area contributed by atoms with Gasteiger partial charge in [-0.3, -0.25) is 10.1 Å². The lowest BCUT2D eigenvalue weighted by molar-refractivity contribution is -0.384. The molecule has 0 saturated carbocycles. The molecule has 0 aliphatic rings. The third kappa shape index (κ3) is 3.61. The van der Waals surface area contributed by atoms with Gasteiger partial charge in [-0.25, -0.2) is 4.39 Å². The monoisotopic (exact) mass is 309 g/mol. The molecule has 0 saturated heterocycles. The average molecular weight is 310 g/mol. The van der Waals surface area contributed by atoms with Crippen molar-refractivity contribution < 1.29 is 9.31 Å². The van der Waals surface area contributed by atoms with Crippen LogP contribution in [0.5, 0.6) is 0 Å². The van der Waals surface area contributed by atoms with Crippen LogP contribution in [0.4, 0.5) is 27.1 Å². The van der Waals surface area contributed by atoms with Gasteiger partial charge < -0.3 is 10.6 Å². The Morgan fingerprint density at radius 2 is 2.00 bits per heavy atom. The van der Waals surface area contributed by atoms with E-state index in [-0.39, 0.29) is 16.4 Å². The average Bonchev–Trinajstić information content (AvgIpc) is 2.44. The van der Waals surface area contributed by atoms with Crippen LogP contribution in [0.15, 0.2) is 36.4 Å². The minimum atomic E-state index is -0.601. The van der Waals surface area contributed by atoms with Crippen LogP contribution in [0.3, 0.4) is 0 Å². The van der Waals surface area contributed by atoms with Gasteiger partial charge in [-0.05, 0) is 25.1 Å². The highest BCUT2D eigenvalue weighted by Gasteiger charge is 2.12. The van der Waals surface area contributed by atoms with Crippen LogP contribution >= 0.6 is 11.6 Å². The van der Waals surface area contributed by atoms with Crippen LogP contribution in [0.1, 0.15) is 6.92 Å². The van der Waals surface area contributed by atoms with Gasteiger partial charge in [0, 0.05) is 30.1 Å². The number of benzene rings is 2. The number of nitrogens with zero attached hydrogens (tertiary/aromatic N) is 1. The molecule has 2 rings (SSSR count). The molecular weight excluding hydrogens is 297 g/mol. The van der Waals surface area contributed by atoms with Crippen molar-refractivity contribution in [3.05, 3.63) is 57.4 Å². The van der Waals surface area contributed by atoms with Gasteiger partial charge in [-0.1, -0.05) is 17.7 Å². The van der Waals surface area contributed by atoms with Crippen molar-refractivity contribution in [3.8, 4) is 0 Å². The highest BCUT2D eigenvalue weighted by atomic mass is 35.5. The molecule has 2 aromatic carbocycles. The van der Waals surface area contributed by atoms with Crippen LogP contribution in [0, 0.1) is 15.9 Å². The van der Waals surface area contributed by atoms with Crippen molar-refractivity contribution in [3.63, 3.8) is 0 Å². The van der Waals surface area contributed by atoms with Gasteiger partial charge in [-0.15, -0.1) is 0 Å². The fraction of sp³-hybridized carbons (Fsp3) is 0.143. The molecule has 2 aromatic rings. The zero-order valence-corrected chi connectivity index (χ0v) is 11.9. The summed E-state index contributed by atoms with van der Waals surface area (Å²) in [6.07, 6.45) is 0. The quantitative estimate of drug-likeness (QED) is 0.627. The van der Waals surface area contributed by atoms with Crippen molar-refractivity contribution in [1.29, 1.82) is 0 Å². The molecule has 0 heterocycles. The molecule has 0 bridgehead atoms. The Hall–Kier alpha value is -2.34. The second-order valence-electron chi connectivity index (χ2n) is 4.28. The molecule has 5 nitrogen and oxygen atoms in total. The summed E-state index contributed by atoms with van der Waals surface area (Å²) in [7, 11) is 0. The number of halogens is 2. The molecule has 2 N–H and O–H groups in total. The van der Waals surface area contributed by atoms with Crippen LogP contribution in [0.2, 0.25) is 5.02 Å². The summed E-state index contributed by atoms with van der Waals surface area (Å²) in [6, 6.07) is 8.95. The maximum Gasteiger partial charge on any atom is 0.273 e. The maximum atomic E-state index is 13.9. The van der Waals surface area contributed by atoms with Gasteiger partial charge in [0.2, 0.25) is 0 Å². The molecule has 0 atom stereocenters. The van der Waals surface area contributed by atoms with Crippen molar-refractivity contribution in [2.75, 3.05) is 17.2 Å². The molecule has 0 spiro atoms. The van der Waals surface area contributed by atoms with E-state index in [2.05, 4.69) is 10.6 Å². The van der Waals surface area contributed by atoms with E-state index in [0.29, 0.717) is 17.9 Å². The Kier molecular flexibility index (Phi) is 4.59. The zero-order valence-electron chi connectivity index (χ0n) is 11.2. The van der Waals surface area contributed by atoms with Gasteiger partial charge >= 0.3 is 0 Å². The Bertz CT molecular complexity index is 679. The number of nitrogens with one attached hydrogen (secondary N) is 2. The second-order valence-corrected chi connectivity index (χ2v) is 4.69. The van der Waals surface area contributed by atoms with Crippen LogP contribution < -0.4 is 10.6 Å². The van der Waals surface area contributed by atoms with Crippen LogP contribution in [-0.2, 0) is 0 Å². The Morgan fingerprint density at radius 3 is 2.67 bits per heavy atom. The molecule has 0 fully saturated rings. The minimum Gasteiger partial charge on any atom is -0.385 e. The lowest BCUT2D eigenvalue weighted by atomic mass is 10.2. The summed E-state index contributed by atoms with van der Waals surface area (Å²) in [5, 5.41) is 16.7. The molecule has 0 amide bonds. The van der Waals surface area contributed by atoms with Crippen molar-refractivity contribution in [2.45, 2.75) is 6.92 Å². The molecule has 110 valence electrons. The predicted octanol–water partition coefficient (Wildman–Crippen LogP) is 4.56. The predicted molar refractivity (Wildman–Crippen MR) is 82.0 cm³/mol. The highest BCUT2D eigenvalue weighted by Crippen LogP contribution is 2.29. The molecule has 0 radical (unpaired) electrons. The number of hydrogen-bond acceptors (Lipinski definition) is 4. The third-order valence-electron chi connectivity index (χ3n) is 2.74. The molecule has 0 aliphatic carbocycles. The van der Waals surface area contributed by atoms with E-state index in [9.17, 15) is 14.5 Å². The van der Waals surface area contributed by atoms with E-state index in [1.807, 2.05) is 6.92 Å². The Labute approximate surface area is 125 Å². The molecule has 0 unspecified atom stereocenters. The van der Waals surface area contributed by atoms with E-state index < -0.39 is 10.7 Å². The SMILES string of the molecule is CCNc1cc(Nc2cccc(Cl)c2F)cc([N+](=O)[O-])c1. The van der Waals surface area contributed by atoms with Gasteiger partial charge in [0.25, 0.3) is 5.69 Å². The number of anilines is 3. The first-order chi connectivity index (χ1) is 10.0. The van der Waals surface area contributed by atoms with Crippen molar-refractivity contribution in [2.24, 2.45) is 0 Å². The van der Waals surface area contributed by atoms with E-state index in [1.165, 1.54) is 24.3 Å². The molecule has 7 heteroatoms. The lowest BCUT2D eigenvalue weighted by Crippen LogP contribution is -2.00. The number of non-ortho nitro benzene ring substituents is 1. The first-order valence-electron chi connectivity index (χ1n) is 6.25. The zero-order chi connectivity index (χ0) is 15.4. The fourth-order valence-corrected chi connectivity index (χ4v) is 2.03. The second kappa shape index (κ2) is 6.41. The summed E-state index contributed by atoms with van der Waals surface area (Å²) in [4.78, 5) is 10.4. The molecule has 0 aromatic heterocycles. The summed E-state index contributed by atoms with van der Waals surface area (Å²) >= 11 is 5.71. The minimum absolute atomic E-state index is 0.0164. The molecular formula is C14H13ClFN3O2. The van der Waals surface area contributed by atoms with E-state index in [1.54, 1.807) is 12.1 Å². The molecule has 0 aliphatic heterocycles. The van der Waals surface area contributed by atoms with E-state index in [0.717, 1.165) is 0 Å². The number of rotatable bonds is 5. The molecule has 21 heavy (non-hydrogen) atoms. The largest absolute Gasteiger partial charge is 0.385 e. The summed E-state index contributed by atoms with van der Waals surface area (Å²) in [5.41, 5.74) is 1.06. The van der Waals surface area contributed by atoms with Crippen LogP contribution in [0.25, 0.3) is 0 Å². The Balaban J connectivity index is 2.38. The van der Waals surface area contributed by atoms with E-state index >= 15 is 0 Å². The van der Waals surface area contributed by atoms with Crippen molar-refractivity contribution >= 4 is 34.4 Å².